The van der Waals surface area contributed by atoms with E-state index in [1.165, 1.54) is 6.20 Å². The van der Waals surface area contributed by atoms with Crippen molar-refractivity contribution in [2.24, 2.45) is 0 Å². The van der Waals surface area contributed by atoms with Gasteiger partial charge in [0.25, 0.3) is 11.5 Å². The third-order valence-corrected chi connectivity index (χ3v) is 2.18. The van der Waals surface area contributed by atoms with Crippen LogP contribution >= 0.6 is 0 Å². The van der Waals surface area contributed by atoms with Gasteiger partial charge in [0.15, 0.2) is 0 Å². The second-order valence-corrected chi connectivity index (χ2v) is 3.47. The minimum absolute atomic E-state index is 0.156. The van der Waals surface area contributed by atoms with Crippen molar-refractivity contribution in [2.75, 3.05) is 0 Å². The molecule has 7 nitrogen and oxygen atoms in total. The molecule has 88 valence electrons. The SMILES string of the molecule is CC(NC(=O)c1c[nH]c(=O)cn1)c1ncc[nH]1. The fraction of sp³-hybridized carbons (Fsp3) is 0.200. The minimum atomic E-state index is -0.370. The molecule has 0 aliphatic carbocycles. The van der Waals surface area contributed by atoms with Crippen molar-refractivity contribution in [3.8, 4) is 0 Å². The Hall–Kier alpha value is -2.44. The Bertz CT molecular complexity index is 540. The van der Waals surface area contributed by atoms with Crippen LogP contribution in [0.25, 0.3) is 0 Å². The topological polar surface area (TPSA) is 104 Å². The van der Waals surface area contributed by atoms with Crippen molar-refractivity contribution < 1.29 is 4.79 Å². The minimum Gasteiger partial charge on any atom is -0.347 e. The lowest BCUT2D eigenvalue weighted by Gasteiger charge is -2.10. The van der Waals surface area contributed by atoms with Gasteiger partial charge in [-0.1, -0.05) is 0 Å². The van der Waals surface area contributed by atoms with Crippen molar-refractivity contribution in [2.45, 2.75) is 13.0 Å². The van der Waals surface area contributed by atoms with Gasteiger partial charge in [-0.2, -0.15) is 0 Å². The monoisotopic (exact) mass is 233 g/mol. The number of hydrogen-bond donors (Lipinski definition) is 3. The third kappa shape index (κ3) is 2.57. The van der Waals surface area contributed by atoms with E-state index in [0.29, 0.717) is 5.82 Å². The fourth-order valence-corrected chi connectivity index (χ4v) is 1.32. The van der Waals surface area contributed by atoms with Gasteiger partial charge in [0.2, 0.25) is 0 Å². The van der Waals surface area contributed by atoms with Crippen molar-refractivity contribution in [3.63, 3.8) is 0 Å². The maximum atomic E-state index is 11.7. The largest absolute Gasteiger partial charge is 0.347 e. The van der Waals surface area contributed by atoms with Crippen molar-refractivity contribution in [3.05, 3.63) is 46.7 Å². The summed E-state index contributed by atoms with van der Waals surface area (Å²) >= 11 is 0. The predicted octanol–water partition coefficient (Wildman–Crippen LogP) is -0.0160. The summed E-state index contributed by atoms with van der Waals surface area (Å²) in [6, 6.07) is -0.258. The molecular formula is C10H11N5O2. The van der Waals surface area contributed by atoms with Crippen LogP contribution in [0.1, 0.15) is 29.3 Å². The van der Waals surface area contributed by atoms with Gasteiger partial charge in [0.1, 0.15) is 11.5 Å². The number of amides is 1. The Balaban J connectivity index is 2.07. The molecule has 2 rings (SSSR count). The van der Waals surface area contributed by atoms with Gasteiger partial charge >= 0.3 is 0 Å². The highest BCUT2D eigenvalue weighted by Crippen LogP contribution is 2.05. The summed E-state index contributed by atoms with van der Waals surface area (Å²) in [7, 11) is 0. The van der Waals surface area contributed by atoms with Crippen LogP contribution in [0.5, 0.6) is 0 Å². The second kappa shape index (κ2) is 4.60. The Morgan fingerprint density at radius 2 is 2.24 bits per heavy atom. The Morgan fingerprint density at radius 1 is 1.41 bits per heavy atom. The summed E-state index contributed by atoms with van der Waals surface area (Å²) in [6.45, 7) is 1.79. The molecule has 2 aromatic rings. The molecule has 1 amide bonds. The average molecular weight is 233 g/mol. The number of aromatic nitrogens is 4. The summed E-state index contributed by atoms with van der Waals surface area (Å²) in [5.41, 5.74) is -0.191. The zero-order valence-electron chi connectivity index (χ0n) is 9.10. The zero-order valence-corrected chi connectivity index (χ0v) is 9.10. The summed E-state index contributed by atoms with van der Waals surface area (Å²) in [5.74, 6) is 0.285. The normalized spacial score (nSPS) is 12.1. The zero-order chi connectivity index (χ0) is 12.3. The molecule has 0 aliphatic rings. The van der Waals surface area contributed by atoms with E-state index in [2.05, 4.69) is 25.3 Å². The number of carbonyl (C=O) groups is 1. The van der Waals surface area contributed by atoms with Gasteiger partial charge in [-0.05, 0) is 6.92 Å². The standard InChI is InChI=1S/C10H11N5O2/c1-6(9-11-2-3-12-9)15-10(17)7-4-14-8(16)5-13-7/h2-6H,1H3,(H,11,12)(H,14,16)(H,15,17). The van der Waals surface area contributed by atoms with Crippen LogP contribution in [0, 0.1) is 0 Å². The second-order valence-electron chi connectivity index (χ2n) is 3.47. The van der Waals surface area contributed by atoms with Crippen LogP contribution < -0.4 is 10.9 Å². The predicted molar refractivity (Wildman–Crippen MR) is 59.3 cm³/mol. The lowest BCUT2D eigenvalue weighted by molar-refractivity contribution is 0.0933. The van der Waals surface area contributed by atoms with Gasteiger partial charge in [-0.15, -0.1) is 0 Å². The highest BCUT2D eigenvalue weighted by molar-refractivity contribution is 5.92. The molecule has 1 atom stereocenters. The summed E-state index contributed by atoms with van der Waals surface area (Å²) in [5, 5.41) is 2.70. The number of hydrogen-bond acceptors (Lipinski definition) is 4. The van der Waals surface area contributed by atoms with E-state index in [1.54, 1.807) is 19.3 Å². The first-order valence-corrected chi connectivity index (χ1v) is 5.01. The maximum Gasteiger partial charge on any atom is 0.271 e. The Kier molecular flexibility index (Phi) is 2.99. The Morgan fingerprint density at radius 3 is 2.82 bits per heavy atom. The summed E-state index contributed by atoms with van der Waals surface area (Å²) in [4.78, 5) is 35.6. The molecule has 0 spiro atoms. The molecule has 2 heterocycles. The molecule has 0 saturated carbocycles. The number of rotatable bonds is 3. The van der Waals surface area contributed by atoms with Gasteiger partial charge in [-0.3, -0.25) is 9.59 Å². The van der Waals surface area contributed by atoms with Gasteiger partial charge in [-0.25, -0.2) is 9.97 Å². The quantitative estimate of drug-likeness (QED) is 0.693. The smallest absolute Gasteiger partial charge is 0.271 e. The van der Waals surface area contributed by atoms with Crippen LogP contribution in [-0.4, -0.2) is 25.8 Å². The van der Waals surface area contributed by atoms with Gasteiger partial charge in [0, 0.05) is 18.6 Å². The van der Waals surface area contributed by atoms with Crippen LogP contribution in [-0.2, 0) is 0 Å². The molecule has 0 fully saturated rings. The van der Waals surface area contributed by atoms with E-state index >= 15 is 0 Å². The molecule has 2 aromatic heterocycles. The molecule has 3 N–H and O–H groups in total. The highest BCUT2D eigenvalue weighted by Gasteiger charge is 2.13. The van der Waals surface area contributed by atoms with Crippen molar-refractivity contribution in [1.29, 1.82) is 0 Å². The molecule has 7 heteroatoms. The van der Waals surface area contributed by atoms with Crippen molar-refractivity contribution in [1.82, 2.24) is 25.3 Å². The number of nitrogens with zero attached hydrogens (tertiary/aromatic N) is 2. The van der Waals surface area contributed by atoms with E-state index in [-0.39, 0.29) is 23.2 Å². The number of imidazole rings is 1. The number of aromatic amines is 2. The average Bonchev–Trinajstić information content (AvgIpc) is 2.83. The van der Waals surface area contributed by atoms with Crippen LogP contribution in [0.2, 0.25) is 0 Å². The van der Waals surface area contributed by atoms with E-state index in [0.717, 1.165) is 6.20 Å². The molecule has 0 saturated heterocycles. The van der Waals surface area contributed by atoms with Crippen LogP contribution in [0.15, 0.2) is 29.6 Å². The molecule has 0 radical (unpaired) electrons. The number of H-pyrrole nitrogens is 2. The number of nitrogens with one attached hydrogen (secondary N) is 3. The third-order valence-electron chi connectivity index (χ3n) is 2.18. The fourth-order valence-electron chi connectivity index (χ4n) is 1.32. The summed E-state index contributed by atoms with van der Waals surface area (Å²) in [6.07, 6.45) is 5.62. The lowest BCUT2D eigenvalue weighted by atomic mass is 10.3. The molecular weight excluding hydrogens is 222 g/mol. The van der Waals surface area contributed by atoms with Crippen LogP contribution in [0.4, 0.5) is 0 Å². The maximum absolute atomic E-state index is 11.7. The van der Waals surface area contributed by atoms with E-state index in [9.17, 15) is 9.59 Å². The molecule has 0 aliphatic heterocycles. The summed E-state index contributed by atoms with van der Waals surface area (Å²) < 4.78 is 0. The van der Waals surface area contributed by atoms with Gasteiger partial charge < -0.3 is 15.3 Å². The number of carbonyl (C=O) groups excluding carboxylic acids is 1. The lowest BCUT2D eigenvalue weighted by Crippen LogP contribution is -2.28. The highest BCUT2D eigenvalue weighted by atomic mass is 16.2. The molecule has 0 aromatic carbocycles. The first-order chi connectivity index (χ1) is 8.16. The molecule has 17 heavy (non-hydrogen) atoms. The van der Waals surface area contributed by atoms with Gasteiger partial charge in [0.05, 0.1) is 12.2 Å². The first-order valence-electron chi connectivity index (χ1n) is 5.01. The van der Waals surface area contributed by atoms with E-state index < -0.39 is 0 Å². The first kappa shape index (κ1) is 11.1. The van der Waals surface area contributed by atoms with E-state index in [1.807, 2.05) is 0 Å². The molecule has 0 bridgehead atoms. The van der Waals surface area contributed by atoms with Crippen LogP contribution in [0.3, 0.4) is 0 Å². The molecule has 1 unspecified atom stereocenters. The van der Waals surface area contributed by atoms with E-state index in [4.69, 9.17) is 0 Å². The Labute approximate surface area is 96.3 Å². The van der Waals surface area contributed by atoms with Crippen molar-refractivity contribution >= 4 is 5.91 Å².